The standard InChI is InChI=1S/C24H24N6O5/c1-29(19-9-5-4-8-18(19)24(32)25-14-17-7-6-12-35-17)22(31)15-30-27-23(26-28-30)16-10-11-20(33-2)21(13-16)34-3/h4-13H,14-15H2,1-3H3,(H,25,32). The molecule has 4 aromatic rings. The van der Waals surface area contributed by atoms with Crippen LogP contribution in [0.5, 0.6) is 11.5 Å². The fraction of sp³-hybridized carbons (Fsp3) is 0.208. The predicted molar refractivity (Wildman–Crippen MR) is 126 cm³/mol. The number of carbonyl (C=O) groups is 2. The van der Waals surface area contributed by atoms with Crippen LogP contribution in [-0.4, -0.2) is 53.3 Å². The average Bonchev–Trinajstić information content (AvgIpc) is 3.59. The fourth-order valence-corrected chi connectivity index (χ4v) is 3.40. The van der Waals surface area contributed by atoms with Gasteiger partial charge in [-0.2, -0.15) is 4.80 Å². The molecule has 0 aliphatic heterocycles. The molecule has 11 heteroatoms. The van der Waals surface area contributed by atoms with Crippen LogP contribution in [0, 0.1) is 0 Å². The summed E-state index contributed by atoms with van der Waals surface area (Å²) < 4.78 is 15.8. The van der Waals surface area contributed by atoms with Crippen LogP contribution in [-0.2, 0) is 17.9 Å². The number of furan rings is 1. The molecule has 2 amide bonds. The number of nitrogens with zero attached hydrogens (tertiary/aromatic N) is 5. The highest BCUT2D eigenvalue weighted by Crippen LogP contribution is 2.30. The Bertz CT molecular complexity index is 1320. The number of carbonyl (C=O) groups excluding carboxylic acids is 2. The Morgan fingerprint density at radius 3 is 2.60 bits per heavy atom. The molecule has 35 heavy (non-hydrogen) atoms. The van der Waals surface area contributed by atoms with Crippen LogP contribution in [0.15, 0.2) is 65.3 Å². The van der Waals surface area contributed by atoms with Gasteiger partial charge in [0, 0.05) is 12.6 Å². The summed E-state index contributed by atoms with van der Waals surface area (Å²) in [5, 5.41) is 15.1. The summed E-state index contributed by atoms with van der Waals surface area (Å²) >= 11 is 0. The molecule has 0 aliphatic rings. The first-order valence-corrected chi connectivity index (χ1v) is 10.7. The van der Waals surface area contributed by atoms with Gasteiger partial charge in [0.25, 0.3) is 5.91 Å². The van der Waals surface area contributed by atoms with E-state index in [1.165, 1.54) is 23.1 Å². The third-order valence-corrected chi connectivity index (χ3v) is 5.26. The van der Waals surface area contributed by atoms with Crippen molar-refractivity contribution in [2.24, 2.45) is 0 Å². The van der Waals surface area contributed by atoms with E-state index in [-0.39, 0.29) is 24.9 Å². The van der Waals surface area contributed by atoms with Crippen LogP contribution in [0.4, 0.5) is 5.69 Å². The number of para-hydroxylation sites is 1. The van der Waals surface area contributed by atoms with Crippen molar-refractivity contribution in [3.8, 4) is 22.9 Å². The summed E-state index contributed by atoms with van der Waals surface area (Å²) in [7, 11) is 4.68. The molecule has 0 fully saturated rings. The first kappa shape index (κ1) is 23.5. The number of nitrogens with one attached hydrogen (secondary N) is 1. The number of likely N-dealkylation sites (N-methyl/N-ethyl adjacent to an activating group) is 1. The van der Waals surface area contributed by atoms with Gasteiger partial charge in [-0.05, 0) is 47.7 Å². The summed E-state index contributed by atoms with van der Waals surface area (Å²) in [5.74, 6) is 1.41. The van der Waals surface area contributed by atoms with Gasteiger partial charge in [0.2, 0.25) is 11.7 Å². The van der Waals surface area contributed by atoms with Crippen molar-refractivity contribution >= 4 is 17.5 Å². The van der Waals surface area contributed by atoms with Crippen LogP contribution >= 0.6 is 0 Å². The minimum absolute atomic E-state index is 0.168. The molecule has 2 aromatic heterocycles. The Morgan fingerprint density at radius 2 is 1.86 bits per heavy atom. The third kappa shape index (κ3) is 5.29. The second-order valence-corrected chi connectivity index (χ2v) is 7.45. The lowest BCUT2D eigenvalue weighted by Crippen LogP contribution is -2.33. The zero-order valence-electron chi connectivity index (χ0n) is 19.5. The molecule has 4 rings (SSSR count). The number of aromatic nitrogens is 4. The Hall–Kier alpha value is -4.67. The largest absolute Gasteiger partial charge is 0.493 e. The van der Waals surface area contributed by atoms with E-state index in [1.807, 2.05) is 0 Å². The molecular formula is C24H24N6O5. The SMILES string of the molecule is COc1ccc(-c2nnn(CC(=O)N(C)c3ccccc3C(=O)NCc3ccco3)n2)cc1OC. The Kier molecular flexibility index (Phi) is 7.05. The first-order chi connectivity index (χ1) is 17.0. The lowest BCUT2D eigenvalue weighted by atomic mass is 10.1. The van der Waals surface area contributed by atoms with Gasteiger partial charge in [-0.15, -0.1) is 10.2 Å². The monoisotopic (exact) mass is 476 g/mol. The maximum absolute atomic E-state index is 13.0. The molecule has 0 spiro atoms. The van der Waals surface area contributed by atoms with Gasteiger partial charge in [0.15, 0.2) is 11.5 Å². The van der Waals surface area contributed by atoms with E-state index >= 15 is 0 Å². The lowest BCUT2D eigenvalue weighted by molar-refractivity contribution is -0.119. The van der Waals surface area contributed by atoms with Gasteiger partial charge in [-0.3, -0.25) is 9.59 Å². The molecule has 180 valence electrons. The van der Waals surface area contributed by atoms with E-state index in [0.29, 0.717) is 39.9 Å². The number of benzene rings is 2. The second kappa shape index (κ2) is 10.5. The molecule has 0 saturated carbocycles. The molecule has 0 aliphatic carbocycles. The Labute approximate surface area is 201 Å². The van der Waals surface area contributed by atoms with Crippen LogP contribution in [0.3, 0.4) is 0 Å². The van der Waals surface area contributed by atoms with Crippen LogP contribution in [0.2, 0.25) is 0 Å². The first-order valence-electron chi connectivity index (χ1n) is 10.7. The second-order valence-electron chi connectivity index (χ2n) is 7.45. The normalized spacial score (nSPS) is 10.6. The topological polar surface area (TPSA) is 125 Å². The van der Waals surface area contributed by atoms with Crippen molar-refractivity contribution in [1.29, 1.82) is 0 Å². The Balaban J connectivity index is 1.46. The van der Waals surface area contributed by atoms with Gasteiger partial charge in [0.1, 0.15) is 12.3 Å². The summed E-state index contributed by atoms with van der Waals surface area (Å²) in [6.07, 6.45) is 1.54. The van der Waals surface area contributed by atoms with E-state index < -0.39 is 0 Å². The summed E-state index contributed by atoms with van der Waals surface area (Å²) in [6, 6.07) is 15.6. The number of amides is 2. The van der Waals surface area contributed by atoms with Gasteiger partial charge >= 0.3 is 0 Å². The van der Waals surface area contributed by atoms with Crippen LogP contribution in [0.25, 0.3) is 11.4 Å². The minimum Gasteiger partial charge on any atom is -0.493 e. The third-order valence-electron chi connectivity index (χ3n) is 5.26. The zero-order valence-corrected chi connectivity index (χ0v) is 19.5. The van der Waals surface area contributed by atoms with Crippen LogP contribution in [0.1, 0.15) is 16.1 Å². The molecule has 2 aromatic carbocycles. The molecule has 0 bridgehead atoms. The van der Waals surface area contributed by atoms with Gasteiger partial charge < -0.3 is 24.1 Å². The average molecular weight is 476 g/mol. The summed E-state index contributed by atoms with van der Waals surface area (Å²) in [6.45, 7) is 0.0682. The van der Waals surface area contributed by atoms with E-state index in [4.69, 9.17) is 13.9 Å². The number of hydrogen-bond acceptors (Lipinski definition) is 8. The maximum atomic E-state index is 13.0. The molecule has 1 N–H and O–H groups in total. The van der Waals surface area contributed by atoms with Crippen molar-refractivity contribution < 1.29 is 23.5 Å². The number of hydrogen-bond donors (Lipinski definition) is 1. The zero-order chi connectivity index (χ0) is 24.8. The van der Waals surface area contributed by atoms with Gasteiger partial charge in [-0.1, -0.05) is 12.1 Å². The Morgan fingerprint density at radius 1 is 1.06 bits per heavy atom. The fourth-order valence-electron chi connectivity index (χ4n) is 3.40. The smallest absolute Gasteiger partial charge is 0.253 e. The number of ether oxygens (including phenoxy) is 2. The van der Waals surface area contributed by atoms with Crippen molar-refractivity contribution in [3.63, 3.8) is 0 Å². The molecule has 2 heterocycles. The quantitative estimate of drug-likeness (QED) is 0.391. The van der Waals surface area contributed by atoms with E-state index in [2.05, 4.69) is 20.7 Å². The van der Waals surface area contributed by atoms with Crippen molar-refractivity contribution in [3.05, 3.63) is 72.2 Å². The molecule has 0 unspecified atom stereocenters. The van der Waals surface area contributed by atoms with E-state index in [9.17, 15) is 9.59 Å². The predicted octanol–water partition coefficient (Wildman–Crippen LogP) is 2.54. The van der Waals surface area contributed by atoms with E-state index in [0.717, 1.165) is 0 Å². The maximum Gasteiger partial charge on any atom is 0.253 e. The minimum atomic E-state index is -0.328. The highest BCUT2D eigenvalue weighted by Gasteiger charge is 2.20. The number of tetrazole rings is 1. The number of anilines is 1. The van der Waals surface area contributed by atoms with Gasteiger partial charge in [-0.25, -0.2) is 0 Å². The van der Waals surface area contributed by atoms with Crippen molar-refractivity contribution in [2.45, 2.75) is 13.1 Å². The summed E-state index contributed by atoms with van der Waals surface area (Å²) in [4.78, 5) is 28.3. The van der Waals surface area contributed by atoms with Gasteiger partial charge in [0.05, 0.1) is 38.3 Å². The van der Waals surface area contributed by atoms with Crippen molar-refractivity contribution in [2.75, 3.05) is 26.2 Å². The molecular weight excluding hydrogens is 452 g/mol. The number of rotatable bonds is 9. The molecule has 0 radical (unpaired) electrons. The molecule has 11 nitrogen and oxygen atoms in total. The van der Waals surface area contributed by atoms with Crippen LogP contribution < -0.4 is 19.7 Å². The highest BCUT2D eigenvalue weighted by atomic mass is 16.5. The highest BCUT2D eigenvalue weighted by molar-refractivity contribution is 6.04. The lowest BCUT2D eigenvalue weighted by Gasteiger charge is -2.20. The van der Waals surface area contributed by atoms with Crippen molar-refractivity contribution in [1.82, 2.24) is 25.5 Å². The molecule has 0 atom stereocenters. The molecule has 0 saturated heterocycles. The summed E-state index contributed by atoms with van der Waals surface area (Å²) in [5.41, 5.74) is 1.47. The van der Waals surface area contributed by atoms with E-state index in [1.54, 1.807) is 68.8 Å². The number of methoxy groups -OCH3 is 2.